The van der Waals surface area contributed by atoms with E-state index in [1.165, 1.54) is 0 Å². The van der Waals surface area contributed by atoms with E-state index in [0.717, 1.165) is 41.7 Å². The van der Waals surface area contributed by atoms with Gasteiger partial charge in [-0.3, -0.25) is 4.79 Å². The van der Waals surface area contributed by atoms with Crippen LogP contribution in [0.25, 0.3) is 0 Å². The number of halogens is 1. The highest BCUT2D eigenvalue weighted by molar-refractivity contribution is 9.10. The lowest BCUT2D eigenvalue weighted by Gasteiger charge is -2.22. The SMILES string of the molecule is Cc1ccc(Br)cc1NC(=O)[C@H]1CCCNC1. The highest BCUT2D eigenvalue weighted by atomic mass is 79.9. The highest BCUT2D eigenvalue weighted by Gasteiger charge is 2.21. The Hall–Kier alpha value is -0.870. The fourth-order valence-corrected chi connectivity index (χ4v) is 2.40. The van der Waals surface area contributed by atoms with Crippen LogP contribution in [-0.2, 0) is 4.79 Å². The minimum absolute atomic E-state index is 0.0992. The van der Waals surface area contributed by atoms with Crippen molar-refractivity contribution in [2.45, 2.75) is 19.8 Å². The van der Waals surface area contributed by atoms with Crippen molar-refractivity contribution in [3.63, 3.8) is 0 Å². The van der Waals surface area contributed by atoms with Crippen LogP contribution in [0.1, 0.15) is 18.4 Å². The second-order valence-corrected chi connectivity index (χ2v) is 5.41. The Morgan fingerprint density at radius 1 is 1.53 bits per heavy atom. The zero-order valence-corrected chi connectivity index (χ0v) is 11.5. The van der Waals surface area contributed by atoms with Gasteiger partial charge in [0.15, 0.2) is 0 Å². The summed E-state index contributed by atoms with van der Waals surface area (Å²) < 4.78 is 0.986. The lowest BCUT2D eigenvalue weighted by molar-refractivity contribution is -0.120. The molecular weight excluding hydrogens is 280 g/mol. The van der Waals surface area contributed by atoms with E-state index in [9.17, 15) is 4.79 Å². The van der Waals surface area contributed by atoms with Gasteiger partial charge in [0.2, 0.25) is 5.91 Å². The van der Waals surface area contributed by atoms with Crippen molar-refractivity contribution in [2.24, 2.45) is 5.92 Å². The molecule has 1 aromatic rings. The van der Waals surface area contributed by atoms with Crippen LogP contribution in [0.2, 0.25) is 0 Å². The van der Waals surface area contributed by atoms with Gasteiger partial charge in [-0.1, -0.05) is 22.0 Å². The number of aryl methyl sites for hydroxylation is 1. The highest BCUT2D eigenvalue weighted by Crippen LogP contribution is 2.22. The van der Waals surface area contributed by atoms with Crippen molar-refractivity contribution in [3.05, 3.63) is 28.2 Å². The molecule has 17 heavy (non-hydrogen) atoms. The van der Waals surface area contributed by atoms with Crippen molar-refractivity contribution in [3.8, 4) is 0 Å². The third-order valence-corrected chi connectivity index (χ3v) is 3.62. The summed E-state index contributed by atoms with van der Waals surface area (Å²) in [6.07, 6.45) is 2.06. The molecule has 1 heterocycles. The van der Waals surface area contributed by atoms with Gasteiger partial charge >= 0.3 is 0 Å². The zero-order chi connectivity index (χ0) is 12.3. The van der Waals surface area contributed by atoms with Crippen LogP contribution < -0.4 is 10.6 Å². The van der Waals surface area contributed by atoms with Crippen molar-refractivity contribution < 1.29 is 4.79 Å². The van der Waals surface area contributed by atoms with E-state index in [2.05, 4.69) is 26.6 Å². The molecule has 0 saturated carbocycles. The summed E-state index contributed by atoms with van der Waals surface area (Å²) in [5.74, 6) is 0.223. The van der Waals surface area contributed by atoms with Crippen molar-refractivity contribution in [2.75, 3.05) is 18.4 Å². The molecule has 0 radical (unpaired) electrons. The molecule has 1 aliphatic heterocycles. The molecule has 3 nitrogen and oxygen atoms in total. The number of carbonyl (C=O) groups excluding carboxylic acids is 1. The van der Waals surface area contributed by atoms with E-state index < -0.39 is 0 Å². The molecule has 0 aromatic heterocycles. The number of benzene rings is 1. The molecule has 92 valence electrons. The number of amides is 1. The van der Waals surface area contributed by atoms with E-state index >= 15 is 0 Å². The summed E-state index contributed by atoms with van der Waals surface area (Å²) in [6, 6.07) is 5.93. The van der Waals surface area contributed by atoms with Crippen LogP contribution in [0.5, 0.6) is 0 Å². The molecule has 1 amide bonds. The number of anilines is 1. The van der Waals surface area contributed by atoms with Gasteiger partial charge in [-0.05, 0) is 44.0 Å². The molecule has 0 unspecified atom stereocenters. The second kappa shape index (κ2) is 5.65. The van der Waals surface area contributed by atoms with Gasteiger partial charge in [-0.2, -0.15) is 0 Å². The Kier molecular flexibility index (Phi) is 4.18. The molecule has 1 saturated heterocycles. The van der Waals surface area contributed by atoms with Crippen molar-refractivity contribution in [1.82, 2.24) is 5.32 Å². The van der Waals surface area contributed by atoms with Crippen LogP contribution >= 0.6 is 15.9 Å². The normalized spacial score (nSPS) is 20.0. The van der Waals surface area contributed by atoms with E-state index in [1.807, 2.05) is 25.1 Å². The monoisotopic (exact) mass is 296 g/mol. The van der Waals surface area contributed by atoms with Crippen LogP contribution in [0, 0.1) is 12.8 Å². The zero-order valence-electron chi connectivity index (χ0n) is 9.92. The van der Waals surface area contributed by atoms with Gasteiger partial charge < -0.3 is 10.6 Å². The Bertz CT molecular complexity index is 414. The Morgan fingerprint density at radius 3 is 3.06 bits per heavy atom. The molecule has 1 fully saturated rings. The molecule has 2 rings (SSSR count). The fraction of sp³-hybridized carbons (Fsp3) is 0.462. The van der Waals surface area contributed by atoms with Crippen LogP contribution in [0.3, 0.4) is 0 Å². The van der Waals surface area contributed by atoms with Crippen molar-refractivity contribution in [1.29, 1.82) is 0 Å². The second-order valence-electron chi connectivity index (χ2n) is 4.49. The summed E-state index contributed by atoms with van der Waals surface area (Å²) >= 11 is 3.42. The Morgan fingerprint density at radius 2 is 2.35 bits per heavy atom. The molecule has 1 aromatic carbocycles. The maximum atomic E-state index is 12.1. The number of rotatable bonds is 2. The van der Waals surface area contributed by atoms with E-state index in [4.69, 9.17) is 0 Å². The summed E-state index contributed by atoms with van der Waals surface area (Å²) in [5, 5.41) is 6.27. The standard InChI is InChI=1S/C13H17BrN2O/c1-9-4-5-11(14)7-12(9)16-13(17)10-3-2-6-15-8-10/h4-5,7,10,15H,2-3,6,8H2,1H3,(H,16,17)/t10-/m0/s1. The molecular formula is C13H17BrN2O. The quantitative estimate of drug-likeness (QED) is 0.881. The smallest absolute Gasteiger partial charge is 0.228 e. The summed E-state index contributed by atoms with van der Waals surface area (Å²) in [7, 11) is 0. The lowest BCUT2D eigenvalue weighted by atomic mass is 9.98. The third kappa shape index (κ3) is 3.30. The molecule has 0 spiro atoms. The predicted molar refractivity (Wildman–Crippen MR) is 73.1 cm³/mol. The number of nitrogens with one attached hydrogen (secondary N) is 2. The van der Waals surface area contributed by atoms with Gasteiger partial charge in [0.25, 0.3) is 0 Å². The first kappa shape index (κ1) is 12.6. The van der Waals surface area contributed by atoms with Crippen LogP contribution in [0.15, 0.2) is 22.7 Å². The van der Waals surface area contributed by atoms with E-state index in [0.29, 0.717) is 0 Å². The van der Waals surface area contributed by atoms with Crippen LogP contribution in [-0.4, -0.2) is 19.0 Å². The summed E-state index contributed by atoms with van der Waals surface area (Å²) in [6.45, 7) is 3.82. The molecule has 4 heteroatoms. The third-order valence-electron chi connectivity index (χ3n) is 3.13. The van der Waals surface area contributed by atoms with Gasteiger partial charge in [0.05, 0.1) is 5.92 Å². The average Bonchev–Trinajstić information content (AvgIpc) is 2.35. The maximum absolute atomic E-state index is 12.1. The molecule has 1 aliphatic rings. The first-order valence-corrected chi connectivity index (χ1v) is 6.74. The minimum Gasteiger partial charge on any atom is -0.326 e. The number of hydrogen-bond donors (Lipinski definition) is 2. The fourth-order valence-electron chi connectivity index (χ4n) is 2.04. The minimum atomic E-state index is 0.0992. The molecule has 0 aliphatic carbocycles. The number of piperidine rings is 1. The lowest BCUT2D eigenvalue weighted by Crippen LogP contribution is -2.37. The predicted octanol–water partition coefficient (Wildman–Crippen LogP) is 2.70. The number of hydrogen-bond acceptors (Lipinski definition) is 2. The van der Waals surface area contributed by atoms with Gasteiger partial charge in [-0.15, -0.1) is 0 Å². The Labute approximate surface area is 110 Å². The largest absolute Gasteiger partial charge is 0.326 e. The van der Waals surface area contributed by atoms with E-state index in [-0.39, 0.29) is 11.8 Å². The first-order chi connectivity index (χ1) is 8.16. The summed E-state index contributed by atoms with van der Waals surface area (Å²) in [5.41, 5.74) is 1.99. The van der Waals surface area contributed by atoms with Gasteiger partial charge in [0.1, 0.15) is 0 Å². The molecule has 2 N–H and O–H groups in total. The number of carbonyl (C=O) groups is 1. The summed E-state index contributed by atoms with van der Waals surface area (Å²) in [4.78, 5) is 12.1. The Balaban J connectivity index is 2.04. The van der Waals surface area contributed by atoms with Gasteiger partial charge in [0, 0.05) is 16.7 Å². The first-order valence-electron chi connectivity index (χ1n) is 5.94. The van der Waals surface area contributed by atoms with E-state index in [1.54, 1.807) is 0 Å². The maximum Gasteiger partial charge on any atom is 0.228 e. The van der Waals surface area contributed by atoms with Crippen LogP contribution in [0.4, 0.5) is 5.69 Å². The molecule has 1 atom stereocenters. The molecule has 0 bridgehead atoms. The topological polar surface area (TPSA) is 41.1 Å². The average molecular weight is 297 g/mol. The van der Waals surface area contributed by atoms with Crippen molar-refractivity contribution >= 4 is 27.5 Å². The van der Waals surface area contributed by atoms with Gasteiger partial charge in [-0.25, -0.2) is 0 Å².